The van der Waals surface area contributed by atoms with E-state index in [2.05, 4.69) is 4.98 Å². The van der Waals surface area contributed by atoms with E-state index in [4.69, 9.17) is 5.11 Å². The van der Waals surface area contributed by atoms with E-state index in [9.17, 15) is 14.4 Å². The van der Waals surface area contributed by atoms with Crippen LogP contribution in [0.15, 0.2) is 58.3 Å². The number of carboxylic acids is 1. The summed E-state index contributed by atoms with van der Waals surface area (Å²) >= 11 is 0. The molecule has 0 saturated heterocycles. The van der Waals surface area contributed by atoms with Gasteiger partial charge in [0, 0.05) is 6.20 Å². The van der Waals surface area contributed by atoms with Gasteiger partial charge in [0.2, 0.25) is 0 Å². The molecular weight excluding hydrogens is 298 g/mol. The summed E-state index contributed by atoms with van der Waals surface area (Å²) in [4.78, 5) is 39.8. The Morgan fingerprint density at radius 1 is 1.00 bits per heavy atom. The van der Waals surface area contributed by atoms with Gasteiger partial charge in [-0.25, -0.2) is 4.98 Å². The molecule has 0 saturated carbocycles. The number of aliphatic carboxylic acids is 1. The van der Waals surface area contributed by atoms with Gasteiger partial charge in [0.1, 0.15) is 6.54 Å². The fourth-order valence-electron chi connectivity index (χ4n) is 2.45. The van der Waals surface area contributed by atoms with E-state index in [1.807, 2.05) is 30.3 Å². The second kappa shape index (κ2) is 5.88. The van der Waals surface area contributed by atoms with Crippen molar-refractivity contribution in [2.45, 2.75) is 13.1 Å². The molecule has 116 valence electrons. The Morgan fingerprint density at radius 2 is 1.70 bits per heavy atom. The van der Waals surface area contributed by atoms with Crippen LogP contribution in [0.2, 0.25) is 0 Å². The molecule has 0 spiro atoms. The van der Waals surface area contributed by atoms with Gasteiger partial charge in [-0.05, 0) is 17.7 Å². The fourth-order valence-corrected chi connectivity index (χ4v) is 2.45. The van der Waals surface area contributed by atoms with E-state index in [1.54, 1.807) is 12.1 Å². The van der Waals surface area contributed by atoms with E-state index in [1.165, 1.54) is 10.8 Å². The Kier molecular flexibility index (Phi) is 3.76. The molecule has 0 aliphatic rings. The van der Waals surface area contributed by atoms with Crippen LogP contribution in [0, 0.1) is 0 Å². The standard InChI is InChI=1S/C16H13N3O4/c20-13(21)10-18-12-7-4-8-17-14(12)19(16(23)15(18)22)9-11-5-2-1-3-6-11/h1-8H,9-10H2,(H,20,21). The number of carboxylic acid groups (broad SMARTS) is 1. The largest absolute Gasteiger partial charge is 0.480 e. The average molecular weight is 311 g/mol. The first-order valence-electron chi connectivity index (χ1n) is 6.92. The van der Waals surface area contributed by atoms with Gasteiger partial charge in [-0.2, -0.15) is 0 Å². The zero-order chi connectivity index (χ0) is 16.4. The summed E-state index contributed by atoms with van der Waals surface area (Å²) in [6.45, 7) is -0.390. The third-order valence-electron chi connectivity index (χ3n) is 3.46. The maximum absolute atomic E-state index is 12.4. The lowest BCUT2D eigenvalue weighted by Crippen LogP contribution is -2.43. The van der Waals surface area contributed by atoms with Crippen LogP contribution >= 0.6 is 0 Å². The monoisotopic (exact) mass is 311 g/mol. The van der Waals surface area contributed by atoms with E-state index in [0.29, 0.717) is 5.52 Å². The van der Waals surface area contributed by atoms with Gasteiger partial charge in [-0.1, -0.05) is 30.3 Å². The fraction of sp³-hybridized carbons (Fsp3) is 0.125. The Bertz CT molecular complexity index is 990. The molecule has 0 fully saturated rings. The van der Waals surface area contributed by atoms with Crippen LogP contribution in [0.25, 0.3) is 11.2 Å². The SMILES string of the molecule is O=C(O)Cn1c(=O)c(=O)n(Cc2ccccc2)c2ncccc21. The second-order valence-electron chi connectivity index (χ2n) is 5.01. The molecule has 3 aromatic rings. The van der Waals surface area contributed by atoms with Crippen molar-refractivity contribution in [1.82, 2.24) is 14.1 Å². The summed E-state index contributed by atoms with van der Waals surface area (Å²) in [5, 5.41) is 8.96. The van der Waals surface area contributed by atoms with Gasteiger partial charge < -0.3 is 5.11 Å². The first-order valence-corrected chi connectivity index (χ1v) is 6.92. The lowest BCUT2D eigenvalue weighted by atomic mass is 10.2. The molecule has 2 heterocycles. The number of nitrogens with zero attached hydrogens (tertiary/aromatic N) is 3. The molecule has 7 heteroatoms. The average Bonchev–Trinajstić information content (AvgIpc) is 2.56. The third kappa shape index (κ3) is 2.76. The molecule has 0 amide bonds. The molecule has 1 aromatic carbocycles. The highest BCUT2D eigenvalue weighted by atomic mass is 16.4. The van der Waals surface area contributed by atoms with Crippen LogP contribution in [-0.4, -0.2) is 25.2 Å². The zero-order valence-electron chi connectivity index (χ0n) is 12.0. The van der Waals surface area contributed by atoms with Crippen LogP contribution in [0.5, 0.6) is 0 Å². The molecule has 0 radical (unpaired) electrons. The van der Waals surface area contributed by atoms with Crippen LogP contribution < -0.4 is 11.1 Å². The predicted octanol–water partition coefficient (Wildman–Crippen LogP) is 0.691. The number of carbonyl (C=O) groups is 1. The molecular formula is C16H13N3O4. The molecule has 0 aliphatic heterocycles. The number of aromatic nitrogens is 3. The summed E-state index contributed by atoms with van der Waals surface area (Å²) < 4.78 is 2.21. The highest BCUT2D eigenvalue weighted by Gasteiger charge is 2.15. The smallest absolute Gasteiger partial charge is 0.323 e. The van der Waals surface area contributed by atoms with Crippen molar-refractivity contribution < 1.29 is 9.90 Å². The van der Waals surface area contributed by atoms with Crippen molar-refractivity contribution in [1.29, 1.82) is 0 Å². The summed E-state index contributed by atoms with van der Waals surface area (Å²) in [7, 11) is 0. The molecule has 3 rings (SSSR count). The molecule has 7 nitrogen and oxygen atoms in total. The number of fused-ring (bicyclic) bond motifs is 1. The highest BCUT2D eigenvalue weighted by molar-refractivity contribution is 5.74. The minimum atomic E-state index is -1.20. The minimum Gasteiger partial charge on any atom is -0.480 e. The molecule has 0 bridgehead atoms. The number of hydrogen-bond donors (Lipinski definition) is 1. The zero-order valence-corrected chi connectivity index (χ0v) is 12.0. The van der Waals surface area contributed by atoms with Gasteiger partial charge in [-0.3, -0.25) is 23.5 Å². The predicted molar refractivity (Wildman–Crippen MR) is 83.4 cm³/mol. The molecule has 0 unspecified atom stereocenters. The van der Waals surface area contributed by atoms with E-state index in [-0.39, 0.29) is 12.2 Å². The number of rotatable bonds is 4. The lowest BCUT2D eigenvalue weighted by molar-refractivity contribution is -0.137. The molecule has 2 aromatic heterocycles. The first-order chi connectivity index (χ1) is 11.1. The van der Waals surface area contributed by atoms with Crippen LogP contribution in [0.3, 0.4) is 0 Å². The van der Waals surface area contributed by atoms with Crippen molar-refractivity contribution in [3.8, 4) is 0 Å². The van der Waals surface area contributed by atoms with Gasteiger partial charge in [-0.15, -0.1) is 0 Å². The quantitative estimate of drug-likeness (QED) is 0.715. The Labute approximate surface area is 130 Å². The van der Waals surface area contributed by atoms with Gasteiger partial charge in [0.05, 0.1) is 12.1 Å². The van der Waals surface area contributed by atoms with Crippen molar-refractivity contribution in [3.05, 3.63) is 74.9 Å². The van der Waals surface area contributed by atoms with Crippen LogP contribution in [-0.2, 0) is 17.9 Å². The number of benzene rings is 1. The molecule has 0 atom stereocenters. The Morgan fingerprint density at radius 3 is 2.39 bits per heavy atom. The maximum Gasteiger partial charge on any atom is 0.323 e. The third-order valence-corrected chi connectivity index (χ3v) is 3.46. The van der Waals surface area contributed by atoms with Crippen molar-refractivity contribution in [2.24, 2.45) is 0 Å². The topological polar surface area (TPSA) is 94.2 Å². The summed E-state index contributed by atoms with van der Waals surface area (Å²) in [6.07, 6.45) is 1.50. The van der Waals surface area contributed by atoms with Gasteiger partial charge >= 0.3 is 17.1 Å². The van der Waals surface area contributed by atoms with Crippen LogP contribution in [0.4, 0.5) is 0 Å². The first kappa shape index (κ1) is 14.7. The summed E-state index contributed by atoms with van der Waals surface area (Å²) in [6, 6.07) is 12.4. The Hall–Kier alpha value is -3.22. The summed E-state index contributed by atoms with van der Waals surface area (Å²) in [5.74, 6) is -1.20. The highest BCUT2D eigenvalue weighted by Crippen LogP contribution is 2.09. The summed E-state index contributed by atoms with van der Waals surface area (Å²) in [5.41, 5.74) is -0.222. The van der Waals surface area contributed by atoms with Gasteiger partial charge in [0.15, 0.2) is 5.65 Å². The molecule has 1 N–H and O–H groups in total. The minimum absolute atomic E-state index is 0.191. The number of pyridine rings is 1. The normalized spacial score (nSPS) is 10.8. The molecule has 23 heavy (non-hydrogen) atoms. The second-order valence-corrected chi connectivity index (χ2v) is 5.01. The van der Waals surface area contributed by atoms with E-state index in [0.717, 1.165) is 10.1 Å². The van der Waals surface area contributed by atoms with Crippen molar-refractivity contribution in [3.63, 3.8) is 0 Å². The lowest BCUT2D eigenvalue weighted by Gasteiger charge is -2.13. The maximum atomic E-state index is 12.4. The van der Waals surface area contributed by atoms with E-state index < -0.39 is 23.6 Å². The van der Waals surface area contributed by atoms with Crippen LogP contribution in [0.1, 0.15) is 5.56 Å². The van der Waals surface area contributed by atoms with E-state index >= 15 is 0 Å². The number of hydrogen-bond acceptors (Lipinski definition) is 4. The molecule has 0 aliphatic carbocycles. The van der Waals surface area contributed by atoms with Gasteiger partial charge in [0.25, 0.3) is 0 Å². The van der Waals surface area contributed by atoms with Crippen molar-refractivity contribution in [2.75, 3.05) is 0 Å². The van der Waals surface area contributed by atoms with Crippen molar-refractivity contribution >= 4 is 17.1 Å². The Balaban J connectivity index is 2.27.